The van der Waals surface area contributed by atoms with E-state index in [9.17, 15) is 14.7 Å². The van der Waals surface area contributed by atoms with Crippen LogP contribution in [0.25, 0.3) is 21.3 Å². The topological polar surface area (TPSA) is 80.6 Å². The standard InChI is InChI=1S/C21H20N2O4S/c1-27-20-13(17-8-11-9-22-7-6-16(11)28-17)4-5-14-18(20)23(12-2-3-12)10-15(19(14)24)21(25)26/h4-5,8,10,12,22H,2-3,6-7,9H2,1H3,(H,25,26). The molecule has 3 heterocycles. The number of nitrogens with zero attached hydrogens (tertiary/aromatic N) is 1. The Kier molecular flexibility index (Phi) is 4.03. The monoisotopic (exact) mass is 396 g/mol. The van der Waals surface area contributed by atoms with E-state index >= 15 is 0 Å². The molecule has 1 fully saturated rings. The highest BCUT2D eigenvalue weighted by atomic mass is 32.1. The number of fused-ring (bicyclic) bond motifs is 2. The van der Waals surface area contributed by atoms with Crippen molar-refractivity contribution in [1.82, 2.24) is 9.88 Å². The number of methoxy groups -OCH3 is 1. The number of carboxylic acid groups (broad SMARTS) is 1. The lowest BCUT2D eigenvalue weighted by molar-refractivity contribution is 0.0695. The normalized spacial score (nSPS) is 16.2. The predicted octanol–water partition coefficient (Wildman–Crippen LogP) is 3.42. The van der Waals surface area contributed by atoms with Gasteiger partial charge in [-0.2, -0.15) is 0 Å². The third-order valence-electron chi connectivity index (χ3n) is 5.53. The van der Waals surface area contributed by atoms with Gasteiger partial charge in [0, 0.05) is 40.6 Å². The van der Waals surface area contributed by atoms with Gasteiger partial charge < -0.3 is 19.7 Å². The van der Waals surface area contributed by atoms with Gasteiger partial charge in [-0.15, -0.1) is 11.3 Å². The predicted molar refractivity (Wildman–Crippen MR) is 109 cm³/mol. The highest BCUT2D eigenvalue weighted by Crippen LogP contribution is 2.44. The summed E-state index contributed by atoms with van der Waals surface area (Å²) in [4.78, 5) is 26.9. The molecule has 2 aliphatic rings. The molecule has 1 saturated carbocycles. The maximum atomic E-state index is 12.8. The molecule has 6 nitrogen and oxygen atoms in total. The number of aromatic nitrogens is 1. The van der Waals surface area contributed by atoms with Crippen LogP contribution in [-0.4, -0.2) is 29.3 Å². The number of carbonyl (C=O) groups is 1. The second-order valence-corrected chi connectivity index (χ2v) is 8.48. The lowest BCUT2D eigenvalue weighted by atomic mass is 10.0. The zero-order valence-electron chi connectivity index (χ0n) is 15.4. The lowest BCUT2D eigenvalue weighted by Crippen LogP contribution is -2.21. The van der Waals surface area contributed by atoms with Gasteiger partial charge in [-0.25, -0.2) is 4.79 Å². The average molecular weight is 396 g/mol. The number of benzene rings is 1. The van der Waals surface area contributed by atoms with Crippen molar-refractivity contribution in [2.45, 2.75) is 31.8 Å². The summed E-state index contributed by atoms with van der Waals surface area (Å²) in [5, 5.41) is 13.2. The molecule has 3 aromatic rings. The first-order valence-corrected chi connectivity index (χ1v) is 10.2. The summed E-state index contributed by atoms with van der Waals surface area (Å²) < 4.78 is 7.73. The number of hydrogen-bond acceptors (Lipinski definition) is 5. The average Bonchev–Trinajstić information content (AvgIpc) is 3.45. The molecule has 1 aliphatic carbocycles. The molecule has 0 spiro atoms. The summed E-state index contributed by atoms with van der Waals surface area (Å²) in [7, 11) is 1.61. The van der Waals surface area contributed by atoms with E-state index in [4.69, 9.17) is 4.74 Å². The summed E-state index contributed by atoms with van der Waals surface area (Å²) in [6, 6.07) is 6.04. The van der Waals surface area contributed by atoms with Crippen molar-refractivity contribution < 1.29 is 14.6 Å². The van der Waals surface area contributed by atoms with E-state index in [1.165, 1.54) is 16.6 Å². The van der Waals surface area contributed by atoms with E-state index in [2.05, 4.69) is 11.4 Å². The van der Waals surface area contributed by atoms with Crippen LogP contribution in [0.2, 0.25) is 0 Å². The van der Waals surface area contributed by atoms with Gasteiger partial charge in [0.1, 0.15) is 5.56 Å². The van der Waals surface area contributed by atoms with Gasteiger partial charge >= 0.3 is 5.97 Å². The largest absolute Gasteiger partial charge is 0.494 e. The van der Waals surface area contributed by atoms with Crippen LogP contribution in [0.4, 0.5) is 0 Å². The van der Waals surface area contributed by atoms with Crippen molar-refractivity contribution in [3.63, 3.8) is 0 Å². The molecule has 144 valence electrons. The fourth-order valence-corrected chi connectivity index (χ4v) is 5.20. The van der Waals surface area contributed by atoms with Crippen molar-refractivity contribution >= 4 is 28.2 Å². The van der Waals surface area contributed by atoms with E-state index in [-0.39, 0.29) is 11.6 Å². The zero-order valence-corrected chi connectivity index (χ0v) is 16.3. The first kappa shape index (κ1) is 17.5. The van der Waals surface area contributed by atoms with Crippen LogP contribution in [0.5, 0.6) is 5.75 Å². The smallest absolute Gasteiger partial charge is 0.341 e. The third-order valence-corrected chi connectivity index (χ3v) is 6.80. The minimum Gasteiger partial charge on any atom is -0.494 e. The van der Waals surface area contributed by atoms with Crippen LogP contribution in [0.1, 0.15) is 39.7 Å². The highest BCUT2D eigenvalue weighted by molar-refractivity contribution is 7.15. The van der Waals surface area contributed by atoms with E-state index in [1.807, 2.05) is 10.6 Å². The molecule has 7 heteroatoms. The van der Waals surface area contributed by atoms with Crippen molar-refractivity contribution in [2.24, 2.45) is 0 Å². The molecular formula is C21H20N2O4S. The number of nitrogens with one attached hydrogen (secondary N) is 1. The van der Waals surface area contributed by atoms with Crippen molar-refractivity contribution in [3.8, 4) is 16.2 Å². The zero-order chi connectivity index (χ0) is 19.4. The van der Waals surface area contributed by atoms with Crippen molar-refractivity contribution in [1.29, 1.82) is 0 Å². The second kappa shape index (κ2) is 6.46. The molecule has 1 aliphatic heterocycles. The Balaban J connectivity index is 1.79. The van der Waals surface area contributed by atoms with Gasteiger partial charge in [-0.3, -0.25) is 4.79 Å². The molecule has 0 atom stereocenters. The Labute approximate surface area is 165 Å². The first-order chi connectivity index (χ1) is 13.6. The number of carboxylic acids is 1. The molecule has 0 unspecified atom stereocenters. The van der Waals surface area contributed by atoms with Crippen LogP contribution in [0, 0.1) is 0 Å². The van der Waals surface area contributed by atoms with Gasteiger partial charge in [0.25, 0.3) is 0 Å². The Bertz CT molecular complexity index is 1150. The fourth-order valence-electron chi connectivity index (χ4n) is 4.00. The Morgan fingerprint density at radius 2 is 2.18 bits per heavy atom. The maximum absolute atomic E-state index is 12.8. The van der Waals surface area contributed by atoms with Gasteiger partial charge in [-0.05, 0) is 43.0 Å². The Hall–Kier alpha value is -2.64. The van der Waals surface area contributed by atoms with Gasteiger partial charge in [-0.1, -0.05) is 0 Å². The molecule has 5 rings (SSSR count). The van der Waals surface area contributed by atoms with Gasteiger partial charge in [0.15, 0.2) is 5.75 Å². The van der Waals surface area contributed by atoms with E-state index in [0.29, 0.717) is 16.7 Å². The molecule has 0 bridgehead atoms. The van der Waals surface area contributed by atoms with Crippen LogP contribution in [0.15, 0.2) is 29.2 Å². The van der Waals surface area contributed by atoms with Crippen LogP contribution in [0.3, 0.4) is 0 Å². The molecule has 1 aromatic carbocycles. The molecule has 0 amide bonds. The van der Waals surface area contributed by atoms with E-state index < -0.39 is 11.4 Å². The van der Waals surface area contributed by atoms with E-state index in [0.717, 1.165) is 42.8 Å². The van der Waals surface area contributed by atoms with Crippen LogP contribution in [-0.2, 0) is 13.0 Å². The molecule has 2 N–H and O–H groups in total. The van der Waals surface area contributed by atoms with Gasteiger partial charge in [0.2, 0.25) is 5.43 Å². The number of rotatable bonds is 4. The molecular weight excluding hydrogens is 376 g/mol. The van der Waals surface area contributed by atoms with E-state index in [1.54, 1.807) is 24.5 Å². The Morgan fingerprint density at radius 1 is 1.36 bits per heavy atom. The lowest BCUT2D eigenvalue weighted by Gasteiger charge is -2.17. The number of pyridine rings is 1. The fraction of sp³-hybridized carbons (Fsp3) is 0.333. The second-order valence-electron chi connectivity index (χ2n) is 7.34. The quantitative estimate of drug-likeness (QED) is 0.706. The molecule has 0 radical (unpaired) electrons. The summed E-state index contributed by atoms with van der Waals surface area (Å²) in [6.45, 7) is 1.86. The number of thiophene rings is 1. The molecule has 28 heavy (non-hydrogen) atoms. The maximum Gasteiger partial charge on any atom is 0.341 e. The Morgan fingerprint density at radius 3 is 2.86 bits per heavy atom. The SMILES string of the molecule is COc1c(-c2cc3c(s2)CCNC3)ccc2c(=O)c(C(=O)O)cn(C3CC3)c12. The molecule has 0 saturated heterocycles. The minimum absolute atomic E-state index is 0.188. The van der Waals surface area contributed by atoms with Gasteiger partial charge in [0.05, 0.1) is 18.0 Å². The minimum atomic E-state index is -1.19. The number of aromatic carboxylic acids is 1. The third kappa shape index (κ3) is 2.65. The summed E-state index contributed by atoms with van der Waals surface area (Å²) in [5.74, 6) is -0.548. The molecule has 2 aromatic heterocycles. The van der Waals surface area contributed by atoms with Crippen molar-refractivity contribution in [2.75, 3.05) is 13.7 Å². The van der Waals surface area contributed by atoms with Crippen LogP contribution >= 0.6 is 11.3 Å². The number of ether oxygens (including phenoxy) is 1. The summed E-state index contributed by atoms with van der Waals surface area (Å²) >= 11 is 1.77. The highest BCUT2D eigenvalue weighted by Gasteiger charge is 2.29. The first-order valence-electron chi connectivity index (χ1n) is 9.40. The number of hydrogen-bond donors (Lipinski definition) is 2. The summed E-state index contributed by atoms with van der Waals surface area (Å²) in [5.41, 5.74) is 2.31. The van der Waals surface area contributed by atoms with Crippen LogP contribution < -0.4 is 15.5 Å². The summed E-state index contributed by atoms with van der Waals surface area (Å²) in [6.07, 6.45) is 4.46. The van der Waals surface area contributed by atoms with Crippen molar-refractivity contribution in [3.05, 3.63) is 50.6 Å².